The summed E-state index contributed by atoms with van der Waals surface area (Å²) in [5.74, 6) is 0.656. The Morgan fingerprint density at radius 2 is 2.00 bits per heavy atom. The minimum atomic E-state index is -3.72. The van der Waals surface area contributed by atoms with Gasteiger partial charge in [0.25, 0.3) is 15.6 Å². The molecule has 1 aromatic carbocycles. The Morgan fingerprint density at radius 3 is 2.64 bits per heavy atom. The van der Waals surface area contributed by atoms with Crippen LogP contribution in [0.4, 0.5) is 5.69 Å². The van der Waals surface area contributed by atoms with Crippen molar-refractivity contribution < 1.29 is 13.2 Å². The van der Waals surface area contributed by atoms with Gasteiger partial charge in [-0.25, -0.2) is 13.5 Å². The molecule has 0 spiro atoms. The van der Waals surface area contributed by atoms with E-state index >= 15 is 0 Å². The summed E-state index contributed by atoms with van der Waals surface area (Å²) in [6.45, 7) is 1.80. The second kappa shape index (κ2) is 6.69. The van der Waals surface area contributed by atoms with Gasteiger partial charge in [-0.3, -0.25) is 9.52 Å². The van der Waals surface area contributed by atoms with Crippen LogP contribution in [0.1, 0.15) is 5.56 Å². The van der Waals surface area contributed by atoms with Gasteiger partial charge in [0.15, 0.2) is 0 Å². The predicted molar refractivity (Wildman–Crippen MR) is 96.7 cm³/mol. The molecule has 0 radical (unpaired) electrons. The number of nitrogens with zero attached hydrogens (tertiary/aromatic N) is 1. The Bertz CT molecular complexity index is 1050. The molecule has 0 atom stereocenters. The fraction of sp³-hybridized carbons (Fsp3) is 0.125. The fourth-order valence-corrected chi connectivity index (χ4v) is 4.47. The van der Waals surface area contributed by atoms with Crippen molar-refractivity contribution in [3.05, 3.63) is 57.7 Å². The monoisotopic (exact) mass is 377 g/mol. The molecule has 0 bridgehead atoms. The number of anilines is 1. The van der Waals surface area contributed by atoms with Crippen molar-refractivity contribution in [2.45, 2.75) is 11.1 Å². The zero-order valence-electron chi connectivity index (χ0n) is 13.4. The second-order valence-electron chi connectivity index (χ2n) is 5.25. The van der Waals surface area contributed by atoms with Crippen molar-refractivity contribution in [3.63, 3.8) is 0 Å². The molecular formula is C16H15N3O4S2. The molecule has 2 aromatic heterocycles. The lowest BCUT2D eigenvalue weighted by atomic mass is 10.2. The molecular weight excluding hydrogens is 362 g/mol. The summed E-state index contributed by atoms with van der Waals surface area (Å²) >= 11 is 1.08. The zero-order chi connectivity index (χ0) is 18.0. The highest BCUT2D eigenvalue weighted by Gasteiger charge is 2.19. The predicted octanol–water partition coefficient (Wildman–Crippen LogP) is 2.62. The van der Waals surface area contributed by atoms with E-state index in [1.807, 2.05) is 0 Å². The number of nitrogens with one attached hydrogen (secondary N) is 2. The molecule has 3 rings (SSSR count). The van der Waals surface area contributed by atoms with E-state index in [-0.39, 0.29) is 9.77 Å². The Hall–Kier alpha value is -2.65. The minimum absolute atomic E-state index is 0.158. The summed E-state index contributed by atoms with van der Waals surface area (Å²) in [4.78, 5) is 11.1. The van der Waals surface area contributed by atoms with E-state index in [2.05, 4.69) is 14.9 Å². The number of aryl methyl sites for hydroxylation is 1. The van der Waals surface area contributed by atoms with Crippen LogP contribution in [-0.2, 0) is 10.0 Å². The van der Waals surface area contributed by atoms with Crippen molar-refractivity contribution in [2.24, 2.45) is 0 Å². The van der Waals surface area contributed by atoms with Crippen LogP contribution in [0.2, 0.25) is 0 Å². The number of thiophene rings is 1. The maximum Gasteiger partial charge on any atom is 0.271 e. The highest BCUT2D eigenvalue weighted by atomic mass is 32.2. The van der Waals surface area contributed by atoms with Crippen LogP contribution >= 0.6 is 11.3 Å². The van der Waals surface area contributed by atoms with E-state index in [1.165, 1.54) is 12.1 Å². The largest absolute Gasteiger partial charge is 0.497 e. The number of benzene rings is 1. The lowest BCUT2D eigenvalue weighted by Crippen LogP contribution is -2.12. The molecule has 2 heterocycles. The molecule has 0 aliphatic carbocycles. The van der Waals surface area contributed by atoms with Crippen LogP contribution < -0.4 is 15.0 Å². The van der Waals surface area contributed by atoms with Crippen LogP contribution in [0.3, 0.4) is 0 Å². The molecule has 3 aromatic rings. The van der Waals surface area contributed by atoms with Crippen LogP contribution in [0, 0.1) is 6.92 Å². The van der Waals surface area contributed by atoms with Gasteiger partial charge >= 0.3 is 0 Å². The average molecular weight is 377 g/mol. The smallest absolute Gasteiger partial charge is 0.271 e. The van der Waals surface area contributed by atoms with Crippen molar-refractivity contribution in [3.8, 4) is 17.0 Å². The Labute approximate surface area is 148 Å². The highest BCUT2D eigenvalue weighted by Crippen LogP contribution is 2.29. The lowest BCUT2D eigenvalue weighted by molar-refractivity contribution is 0.414. The number of methoxy groups -OCH3 is 1. The lowest BCUT2D eigenvalue weighted by Gasteiger charge is -2.10. The van der Waals surface area contributed by atoms with Crippen molar-refractivity contribution >= 4 is 27.0 Å². The number of rotatable bonds is 5. The van der Waals surface area contributed by atoms with E-state index in [1.54, 1.807) is 43.7 Å². The van der Waals surface area contributed by atoms with E-state index < -0.39 is 10.0 Å². The van der Waals surface area contributed by atoms with Gasteiger partial charge in [-0.05, 0) is 42.8 Å². The minimum Gasteiger partial charge on any atom is -0.497 e. The summed E-state index contributed by atoms with van der Waals surface area (Å²) in [5.41, 5.74) is 2.04. The van der Waals surface area contributed by atoms with Crippen LogP contribution in [-0.4, -0.2) is 25.7 Å². The van der Waals surface area contributed by atoms with Gasteiger partial charge in [-0.1, -0.05) is 0 Å². The Balaban J connectivity index is 1.88. The van der Waals surface area contributed by atoms with Gasteiger partial charge < -0.3 is 4.74 Å². The SMILES string of the molecule is COc1ccc(NS(=O)(=O)c2cc(-c3ccc(=O)[nH]n3)cs2)c(C)c1. The van der Waals surface area contributed by atoms with Crippen molar-refractivity contribution in [1.82, 2.24) is 10.2 Å². The summed E-state index contributed by atoms with van der Waals surface area (Å²) in [7, 11) is -2.17. The molecule has 0 aliphatic heterocycles. The first kappa shape index (κ1) is 17.2. The van der Waals surface area contributed by atoms with Gasteiger partial charge in [0.05, 0.1) is 18.5 Å². The normalized spacial score (nSPS) is 11.3. The van der Waals surface area contributed by atoms with Crippen LogP contribution in [0.15, 0.2) is 50.8 Å². The number of sulfonamides is 1. The topological polar surface area (TPSA) is 101 Å². The van der Waals surface area contributed by atoms with E-state index in [9.17, 15) is 13.2 Å². The quantitative estimate of drug-likeness (QED) is 0.712. The molecule has 0 aliphatic rings. The van der Waals surface area contributed by atoms with Gasteiger partial charge in [0.1, 0.15) is 9.96 Å². The second-order valence-corrected chi connectivity index (χ2v) is 8.07. The molecule has 9 heteroatoms. The van der Waals surface area contributed by atoms with E-state index in [4.69, 9.17) is 4.74 Å². The summed E-state index contributed by atoms with van der Waals surface area (Å²) in [6.07, 6.45) is 0. The van der Waals surface area contributed by atoms with Crippen molar-refractivity contribution in [1.29, 1.82) is 0 Å². The van der Waals surface area contributed by atoms with Crippen LogP contribution in [0.5, 0.6) is 5.75 Å². The molecule has 0 saturated carbocycles. The third-order valence-electron chi connectivity index (χ3n) is 3.49. The fourth-order valence-electron chi connectivity index (χ4n) is 2.17. The van der Waals surface area contributed by atoms with Gasteiger partial charge in [-0.15, -0.1) is 11.3 Å². The van der Waals surface area contributed by atoms with Gasteiger partial charge in [-0.2, -0.15) is 5.10 Å². The maximum atomic E-state index is 12.6. The first-order valence-electron chi connectivity index (χ1n) is 7.21. The third-order valence-corrected chi connectivity index (χ3v) is 6.30. The molecule has 2 N–H and O–H groups in total. The number of hydrogen-bond acceptors (Lipinski definition) is 6. The number of aromatic amines is 1. The molecule has 0 saturated heterocycles. The van der Waals surface area contributed by atoms with Crippen LogP contribution in [0.25, 0.3) is 11.3 Å². The molecule has 0 amide bonds. The Kier molecular flexibility index (Phi) is 4.60. The molecule has 25 heavy (non-hydrogen) atoms. The maximum absolute atomic E-state index is 12.6. The summed E-state index contributed by atoms with van der Waals surface area (Å²) in [6, 6.07) is 9.50. The van der Waals surface area contributed by atoms with Gasteiger partial charge in [0.2, 0.25) is 0 Å². The standard InChI is InChI=1S/C16H15N3O4S2/c1-10-7-12(23-2)3-4-13(10)19-25(21,22)16-8-11(9-24-16)14-5-6-15(20)18-17-14/h3-9,19H,1-2H3,(H,18,20). The van der Waals surface area contributed by atoms with E-state index in [0.29, 0.717) is 22.7 Å². The first-order valence-corrected chi connectivity index (χ1v) is 9.57. The van der Waals surface area contributed by atoms with E-state index in [0.717, 1.165) is 16.9 Å². The number of ether oxygens (including phenoxy) is 1. The highest BCUT2D eigenvalue weighted by molar-refractivity contribution is 7.94. The molecule has 0 unspecified atom stereocenters. The molecule has 7 nitrogen and oxygen atoms in total. The average Bonchev–Trinajstić information content (AvgIpc) is 3.08. The number of hydrogen-bond donors (Lipinski definition) is 2. The first-order chi connectivity index (χ1) is 11.9. The zero-order valence-corrected chi connectivity index (χ0v) is 15.1. The van der Waals surface area contributed by atoms with Crippen molar-refractivity contribution in [2.75, 3.05) is 11.8 Å². The summed E-state index contributed by atoms with van der Waals surface area (Å²) in [5, 5.41) is 7.90. The Morgan fingerprint density at radius 1 is 1.20 bits per heavy atom. The third kappa shape index (κ3) is 3.72. The number of aromatic nitrogens is 2. The molecule has 130 valence electrons. The number of H-pyrrole nitrogens is 1. The van der Waals surface area contributed by atoms with Gasteiger partial charge in [0, 0.05) is 17.0 Å². The summed E-state index contributed by atoms with van der Waals surface area (Å²) < 4.78 is 33.0. The molecule has 0 fully saturated rings.